The van der Waals surface area contributed by atoms with E-state index in [2.05, 4.69) is 5.32 Å². The molecule has 3 aromatic carbocycles. The number of hydrogen-bond acceptors (Lipinski definition) is 3. The smallest absolute Gasteiger partial charge is 0.324 e. The number of nitrogens with one attached hydrogen (secondary N) is 1. The summed E-state index contributed by atoms with van der Waals surface area (Å²) in [6.07, 6.45) is -4.66. The Balaban J connectivity index is 1.93. The maximum atomic E-state index is 13.4. The minimum atomic E-state index is -4.66. The second-order valence-corrected chi connectivity index (χ2v) is 10.8. The molecule has 0 saturated heterocycles. The lowest BCUT2D eigenvalue weighted by atomic mass is 10.2. The van der Waals surface area contributed by atoms with Crippen molar-refractivity contribution in [2.45, 2.75) is 24.5 Å². The van der Waals surface area contributed by atoms with E-state index in [9.17, 15) is 26.4 Å². The Hall–Kier alpha value is -2.30. The number of carbonyl (C=O) groups excluding carboxylic acids is 1. The van der Waals surface area contributed by atoms with Crippen LogP contribution in [-0.2, 0) is 27.5 Å². The van der Waals surface area contributed by atoms with Crippen LogP contribution in [0.2, 0.25) is 15.1 Å². The zero-order valence-corrected chi connectivity index (χ0v) is 21.1. The van der Waals surface area contributed by atoms with Crippen molar-refractivity contribution in [3.8, 4) is 0 Å². The number of hydrogen-bond donors (Lipinski definition) is 1. The topological polar surface area (TPSA) is 66.5 Å². The number of aryl methyl sites for hydroxylation is 1. The SMILES string of the molecule is Cc1ccc(S(=O)(=O)N(CC(=O)Nc2cc(C(F)(F)F)ccc2Cl)Cc2ccc(Cl)cc2Cl)cc1. The van der Waals surface area contributed by atoms with Gasteiger partial charge in [0.05, 0.1) is 27.7 Å². The second kappa shape index (κ2) is 10.8. The van der Waals surface area contributed by atoms with Gasteiger partial charge in [0.15, 0.2) is 0 Å². The van der Waals surface area contributed by atoms with E-state index < -0.39 is 34.2 Å². The molecule has 1 amide bonds. The summed E-state index contributed by atoms with van der Waals surface area (Å²) in [5.74, 6) is -0.896. The van der Waals surface area contributed by atoms with Crippen LogP contribution < -0.4 is 5.32 Å². The van der Waals surface area contributed by atoms with Crippen molar-refractivity contribution in [2.75, 3.05) is 11.9 Å². The van der Waals surface area contributed by atoms with Crippen LogP contribution in [0.25, 0.3) is 0 Å². The summed E-state index contributed by atoms with van der Waals surface area (Å²) in [7, 11) is -4.20. The van der Waals surface area contributed by atoms with E-state index in [0.29, 0.717) is 16.7 Å². The molecule has 0 aliphatic carbocycles. The number of halogens is 6. The third-order valence-electron chi connectivity index (χ3n) is 4.91. The van der Waals surface area contributed by atoms with Crippen molar-refractivity contribution in [1.29, 1.82) is 0 Å². The molecule has 0 heterocycles. The fraction of sp³-hybridized carbons (Fsp3) is 0.174. The lowest BCUT2D eigenvalue weighted by molar-refractivity contribution is -0.137. The van der Waals surface area contributed by atoms with Crippen LogP contribution in [0.4, 0.5) is 18.9 Å². The number of anilines is 1. The van der Waals surface area contributed by atoms with Gasteiger partial charge < -0.3 is 5.32 Å². The first-order chi connectivity index (χ1) is 16.3. The molecule has 1 N–H and O–H groups in total. The minimum absolute atomic E-state index is 0.0712. The molecule has 0 aliphatic rings. The summed E-state index contributed by atoms with van der Waals surface area (Å²) in [5, 5.41) is 2.65. The fourth-order valence-electron chi connectivity index (χ4n) is 3.07. The van der Waals surface area contributed by atoms with Gasteiger partial charge in [-0.05, 0) is 55.0 Å². The standard InChI is InChI=1S/C23H18Cl3F3N2O3S/c1-14-2-7-18(8-3-14)35(33,34)31(12-15-4-6-17(24)11-20(15)26)13-22(32)30-21-10-16(23(27,28)29)5-9-19(21)25/h2-11H,12-13H2,1H3,(H,30,32). The molecule has 0 atom stereocenters. The Kier molecular flexibility index (Phi) is 8.39. The molecule has 0 aliphatic heterocycles. The van der Waals surface area contributed by atoms with Gasteiger partial charge in [-0.3, -0.25) is 4.79 Å². The highest BCUT2D eigenvalue weighted by atomic mass is 35.5. The molecule has 0 unspecified atom stereocenters. The predicted octanol–water partition coefficient (Wildman–Crippen LogP) is 6.80. The van der Waals surface area contributed by atoms with Crippen LogP contribution in [0.15, 0.2) is 65.6 Å². The quantitative estimate of drug-likeness (QED) is 0.342. The van der Waals surface area contributed by atoms with Crippen LogP contribution in [0, 0.1) is 6.92 Å². The molecule has 35 heavy (non-hydrogen) atoms. The first-order valence-electron chi connectivity index (χ1n) is 9.95. The summed E-state index contributed by atoms with van der Waals surface area (Å²) < 4.78 is 66.8. The largest absolute Gasteiger partial charge is 0.416 e. The average molecular weight is 566 g/mol. The monoisotopic (exact) mass is 564 g/mol. The van der Waals surface area contributed by atoms with E-state index in [1.54, 1.807) is 19.1 Å². The maximum absolute atomic E-state index is 13.4. The molecule has 0 saturated carbocycles. The van der Waals surface area contributed by atoms with Crippen LogP contribution >= 0.6 is 34.8 Å². The molecule has 3 aromatic rings. The lowest BCUT2D eigenvalue weighted by Gasteiger charge is -2.23. The molecule has 0 aromatic heterocycles. The van der Waals surface area contributed by atoms with Crippen molar-refractivity contribution in [1.82, 2.24) is 4.31 Å². The normalized spacial score (nSPS) is 12.1. The van der Waals surface area contributed by atoms with Gasteiger partial charge in [-0.1, -0.05) is 58.6 Å². The molecule has 5 nitrogen and oxygen atoms in total. The van der Waals surface area contributed by atoms with Gasteiger partial charge in [0, 0.05) is 16.6 Å². The molecular weight excluding hydrogens is 548 g/mol. The Morgan fingerprint density at radius 3 is 2.20 bits per heavy atom. The zero-order chi connectivity index (χ0) is 26.0. The predicted molar refractivity (Wildman–Crippen MR) is 130 cm³/mol. The van der Waals surface area contributed by atoms with Crippen molar-refractivity contribution >= 4 is 56.4 Å². The lowest BCUT2D eigenvalue weighted by Crippen LogP contribution is -2.37. The Labute approximate surface area is 215 Å². The van der Waals surface area contributed by atoms with Crippen LogP contribution in [0.3, 0.4) is 0 Å². The Bertz CT molecular complexity index is 1350. The van der Waals surface area contributed by atoms with Gasteiger partial charge in [-0.25, -0.2) is 8.42 Å². The minimum Gasteiger partial charge on any atom is -0.324 e. The molecule has 0 fully saturated rings. The number of carbonyl (C=O) groups is 1. The number of sulfonamides is 1. The van der Waals surface area contributed by atoms with Gasteiger partial charge >= 0.3 is 6.18 Å². The Morgan fingerprint density at radius 2 is 1.60 bits per heavy atom. The van der Waals surface area contributed by atoms with Crippen molar-refractivity contribution in [3.05, 3.63) is 92.4 Å². The van der Waals surface area contributed by atoms with Crippen molar-refractivity contribution in [2.24, 2.45) is 0 Å². The van der Waals surface area contributed by atoms with E-state index in [1.807, 2.05) is 0 Å². The van der Waals surface area contributed by atoms with Crippen LogP contribution in [0.5, 0.6) is 0 Å². The molecule has 12 heteroatoms. The van der Waals surface area contributed by atoms with Crippen LogP contribution in [-0.4, -0.2) is 25.2 Å². The first-order valence-corrected chi connectivity index (χ1v) is 12.5. The van der Waals surface area contributed by atoms with E-state index in [-0.39, 0.29) is 27.2 Å². The van der Waals surface area contributed by atoms with E-state index in [0.717, 1.165) is 22.0 Å². The van der Waals surface area contributed by atoms with Gasteiger partial charge in [-0.2, -0.15) is 17.5 Å². The van der Waals surface area contributed by atoms with Crippen LogP contribution in [0.1, 0.15) is 16.7 Å². The zero-order valence-electron chi connectivity index (χ0n) is 18.0. The molecule has 3 rings (SSSR count). The highest BCUT2D eigenvalue weighted by Crippen LogP contribution is 2.34. The van der Waals surface area contributed by atoms with E-state index in [4.69, 9.17) is 34.8 Å². The van der Waals surface area contributed by atoms with Gasteiger partial charge in [0.1, 0.15) is 0 Å². The van der Waals surface area contributed by atoms with Crippen molar-refractivity contribution in [3.63, 3.8) is 0 Å². The van der Waals surface area contributed by atoms with Gasteiger partial charge in [-0.15, -0.1) is 0 Å². The first kappa shape index (κ1) is 27.3. The molecule has 0 radical (unpaired) electrons. The number of nitrogens with zero attached hydrogens (tertiary/aromatic N) is 1. The number of rotatable bonds is 7. The number of alkyl halides is 3. The van der Waals surface area contributed by atoms with E-state index >= 15 is 0 Å². The second-order valence-electron chi connectivity index (χ2n) is 7.56. The van der Waals surface area contributed by atoms with E-state index in [1.165, 1.54) is 30.3 Å². The molecular formula is C23H18Cl3F3N2O3S. The highest BCUT2D eigenvalue weighted by Gasteiger charge is 2.32. The summed E-state index contributed by atoms with van der Waals surface area (Å²) in [5.41, 5.74) is -0.122. The Morgan fingerprint density at radius 1 is 0.943 bits per heavy atom. The third kappa shape index (κ3) is 6.89. The van der Waals surface area contributed by atoms with Gasteiger partial charge in [0.2, 0.25) is 15.9 Å². The fourth-order valence-corrected chi connectivity index (χ4v) is 5.08. The number of amides is 1. The van der Waals surface area contributed by atoms with Crippen molar-refractivity contribution < 1.29 is 26.4 Å². The highest BCUT2D eigenvalue weighted by molar-refractivity contribution is 7.89. The van der Waals surface area contributed by atoms with Gasteiger partial charge in [0.25, 0.3) is 0 Å². The maximum Gasteiger partial charge on any atom is 0.416 e. The average Bonchev–Trinajstić information content (AvgIpc) is 2.76. The molecule has 0 bridgehead atoms. The number of benzene rings is 3. The molecule has 186 valence electrons. The summed E-state index contributed by atoms with van der Waals surface area (Å²) >= 11 is 18.1. The summed E-state index contributed by atoms with van der Waals surface area (Å²) in [6.45, 7) is 0.769. The summed E-state index contributed by atoms with van der Waals surface area (Å²) in [4.78, 5) is 12.7. The summed E-state index contributed by atoms with van der Waals surface area (Å²) in [6, 6.07) is 12.9. The molecule has 0 spiro atoms. The third-order valence-corrected chi connectivity index (χ3v) is 7.63.